The summed E-state index contributed by atoms with van der Waals surface area (Å²) in [5.41, 5.74) is 9.93. The van der Waals surface area contributed by atoms with Crippen LogP contribution in [-0.4, -0.2) is 11.8 Å². The van der Waals surface area contributed by atoms with Crippen LogP contribution in [0.3, 0.4) is 0 Å². The van der Waals surface area contributed by atoms with E-state index < -0.39 is 11.4 Å². The molecule has 3 aromatic carbocycles. The number of nitrogens with zero attached hydrogens (tertiary/aromatic N) is 3. The Morgan fingerprint density at radius 1 is 1.12 bits per heavy atom. The van der Waals surface area contributed by atoms with Crippen molar-refractivity contribution in [1.82, 2.24) is 0 Å². The van der Waals surface area contributed by atoms with Crippen molar-refractivity contribution in [1.29, 1.82) is 0 Å². The Kier molecular flexibility index (Phi) is 6.13. The molecule has 4 rings (SSSR count). The fraction of sp³-hybridized carbons (Fsp3) is 0.0909. The summed E-state index contributed by atoms with van der Waals surface area (Å²) in [7, 11) is 0. The first-order chi connectivity index (χ1) is 15.3. The van der Waals surface area contributed by atoms with E-state index in [4.69, 9.17) is 28.7 Å². The van der Waals surface area contributed by atoms with Gasteiger partial charge in [-0.3, -0.25) is 9.59 Å². The minimum atomic E-state index is -1.28. The van der Waals surface area contributed by atoms with E-state index >= 15 is 0 Å². The Labute approximate surface area is 201 Å². The first-order valence-corrected chi connectivity index (χ1v) is 10.9. The number of hydrogen-bond donors (Lipinski definition) is 2. The molecule has 32 heavy (non-hydrogen) atoms. The molecular formula is C22H14BrCl2N5O2. The number of azide groups is 1. The molecule has 160 valence electrons. The molecule has 10 heteroatoms. The quantitative estimate of drug-likeness (QED) is 0.217. The predicted molar refractivity (Wildman–Crippen MR) is 128 cm³/mol. The van der Waals surface area contributed by atoms with Gasteiger partial charge >= 0.3 is 0 Å². The number of hydrogen-bond acceptors (Lipinski definition) is 3. The number of fused-ring (bicyclic) bond motifs is 1. The zero-order valence-electron chi connectivity index (χ0n) is 16.3. The molecule has 0 bridgehead atoms. The molecule has 0 radical (unpaired) electrons. The summed E-state index contributed by atoms with van der Waals surface area (Å²) < 4.78 is 0.671. The molecule has 1 aliphatic rings. The third-order valence-corrected chi connectivity index (χ3v) is 6.09. The zero-order chi connectivity index (χ0) is 22.9. The summed E-state index contributed by atoms with van der Waals surface area (Å²) in [5.74, 6) is -1.09. The second-order valence-corrected chi connectivity index (χ2v) is 8.95. The van der Waals surface area contributed by atoms with E-state index in [0.29, 0.717) is 31.5 Å². The lowest BCUT2D eigenvalue weighted by Gasteiger charge is -2.31. The number of carbonyl (C=O) groups is 2. The van der Waals surface area contributed by atoms with Gasteiger partial charge < -0.3 is 10.6 Å². The van der Waals surface area contributed by atoms with Crippen LogP contribution < -0.4 is 10.6 Å². The van der Waals surface area contributed by atoms with Crippen molar-refractivity contribution in [3.8, 4) is 0 Å². The Hall–Kier alpha value is -3.03. The lowest BCUT2D eigenvalue weighted by Crippen LogP contribution is -2.44. The Balaban J connectivity index is 1.90. The minimum Gasteiger partial charge on any atom is -0.367 e. The van der Waals surface area contributed by atoms with Crippen molar-refractivity contribution >= 4 is 62.3 Å². The highest BCUT2D eigenvalue weighted by molar-refractivity contribution is 9.10. The maximum atomic E-state index is 13.4. The van der Waals surface area contributed by atoms with Gasteiger partial charge in [-0.2, -0.15) is 0 Å². The highest BCUT2D eigenvalue weighted by atomic mass is 79.9. The van der Waals surface area contributed by atoms with Crippen molar-refractivity contribution in [2.24, 2.45) is 5.11 Å². The van der Waals surface area contributed by atoms with Crippen LogP contribution in [0, 0.1) is 0 Å². The molecular weight excluding hydrogens is 517 g/mol. The molecule has 2 amide bonds. The SMILES string of the molecule is [N-]=[N+]=NC(=O)c1ccc(Br)cc1NC1(Cc2cccc(Cl)c2)C(=O)Nc2cc(Cl)ccc21. The molecule has 2 N–H and O–H groups in total. The van der Waals surface area contributed by atoms with E-state index in [1.807, 2.05) is 6.07 Å². The van der Waals surface area contributed by atoms with Crippen molar-refractivity contribution < 1.29 is 9.59 Å². The molecule has 1 heterocycles. The molecule has 0 saturated carbocycles. The molecule has 0 saturated heterocycles. The number of amides is 2. The first kappa shape index (κ1) is 22.2. The van der Waals surface area contributed by atoms with E-state index in [1.54, 1.807) is 48.5 Å². The van der Waals surface area contributed by atoms with Gasteiger partial charge in [-0.05, 0) is 58.7 Å². The molecule has 1 aliphatic heterocycles. The Bertz CT molecular complexity index is 1310. The fourth-order valence-electron chi connectivity index (χ4n) is 3.77. The third-order valence-electron chi connectivity index (χ3n) is 5.13. The van der Waals surface area contributed by atoms with Gasteiger partial charge in [0.05, 0.1) is 0 Å². The van der Waals surface area contributed by atoms with Crippen LogP contribution in [0.15, 0.2) is 70.3 Å². The maximum absolute atomic E-state index is 13.4. The number of anilines is 2. The van der Waals surface area contributed by atoms with Gasteiger partial charge in [0.25, 0.3) is 11.8 Å². The number of carbonyl (C=O) groups excluding carboxylic acids is 2. The van der Waals surface area contributed by atoms with Gasteiger partial charge in [0.1, 0.15) is 5.54 Å². The van der Waals surface area contributed by atoms with E-state index in [9.17, 15) is 9.59 Å². The lowest BCUT2D eigenvalue weighted by molar-refractivity contribution is -0.119. The largest absolute Gasteiger partial charge is 0.367 e. The highest BCUT2D eigenvalue weighted by Crippen LogP contribution is 2.43. The summed E-state index contributed by atoms with van der Waals surface area (Å²) in [4.78, 5) is 28.4. The fourth-order valence-corrected chi connectivity index (χ4v) is 4.52. The van der Waals surface area contributed by atoms with Crippen LogP contribution >= 0.6 is 39.1 Å². The predicted octanol–water partition coefficient (Wildman–Crippen LogP) is 6.71. The van der Waals surface area contributed by atoms with E-state index in [1.165, 1.54) is 6.07 Å². The Morgan fingerprint density at radius 2 is 1.91 bits per heavy atom. The summed E-state index contributed by atoms with van der Waals surface area (Å²) in [6.07, 6.45) is 0.232. The molecule has 7 nitrogen and oxygen atoms in total. The van der Waals surface area contributed by atoms with Crippen LogP contribution in [-0.2, 0) is 16.8 Å². The Morgan fingerprint density at radius 3 is 2.66 bits per heavy atom. The maximum Gasteiger partial charge on any atom is 0.255 e. The van der Waals surface area contributed by atoms with Crippen molar-refractivity contribution in [3.63, 3.8) is 0 Å². The van der Waals surface area contributed by atoms with Gasteiger partial charge in [-0.25, -0.2) is 0 Å². The topological polar surface area (TPSA) is 107 Å². The van der Waals surface area contributed by atoms with Crippen molar-refractivity contribution in [3.05, 3.63) is 102 Å². The summed E-state index contributed by atoms with van der Waals surface area (Å²) in [5, 5.41) is 10.4. The normalized spacial score (nSPS) is 16.7. The van der Waals surface area contributed by atoms with Gasteiger partial charge in [0, 0.05) is 48.4 Å². The molecule has 0 aromatic heterocycles. The van der Waals surface area contributed by atoms with E-state index in [0.717, 1.165) is 5.56 Å². The molecule has 0 aliphatic carbocycles. The average Bonchev–Trinajstić information content (AvgIpc) is 2.98. The monoisotopic (exact) mass is 529 g/mol. The molecule has 0 spiro atoms. The molecule has 1 unspecified atom stereocenters. The van der Waals surface area contributed by atoms with Gasteiger partial charge in [-0.15, -0.1) is 0 Å². The number of benzene rings is 3. The minimum absolute atomic E-state index is 0.131. The standard InChI is InChI=1S/C22H14BrCl2N5O2/c23-13-4-6-16(20(31)29-30-26)18(9-13)28-22(11-12-2-1-3-14(24)8-12)17-7-5-15(25)10-19(17)27-21(22)32/h1-10,28H,11H2,(H,27,32). The van der Waals surface area contributed by atoms with E-state index in [-0.39, 0.29) is 17.9 Å². The lowest BCUT2D eigenvalue weighted by atomic mass is 9.84. The first-order valence-electron chi connectivity index (χ1n) is 9.35. The van der Waals surface area contributed by atoms with Gasteiger partial charge in [0.2, 0.25) is 0 Å². The smallest absolute Gasteiger partial charge is 0.255 e. The van der Waals surface area contributed by atoms with Gasteiger partial charge in [-0.1, -0.05) is 57.3 Å². The molecule has 0 fully saturated rings. The molecule has 1 atom stereocenters. The third kappa shape index (κ3) is 4.18. The van der Waals surface area contributed by atoms with Crippen LogP contribution in [0.2, 0.25) is 10.0 Å². The van der Waals surface area contributed by atoms with Crippen molar-refractivity contribution in [2.75, 3.05) is 10.6 Å². The van der Waals surface area contributed by atoms with Crippen LogP contribution in [0.25, 0.3) is 10.4 Å². The average molecular weight is 531 g/mol. The summed E-state index contributed by atoms with van der Waals surface area (Å²) >= 11 is 15.7. The number of rotatable bonds is 5. The molecule has 3 aromatic rings. The highest BCUT2D eigenvalue weighted by Gasteiger charge is 2.47. The zero-order valence-corrected chi connectivity index (χ0v) is 19.4. The van der Waals surface area contributed by atoms with Crippen molar-refractivity contribution in [2.45, 2.75) is 12.0 Å². The van der Waals surface area contributed by atoms with Crippen LogP contribution in [0.4, 0.5) is 11.4 Å². The second kappa shape index (κ2) is 8.84. The van der Waals surface area contributed by atoms with E-state index in [2.05, 4.69) is 36.6 Å². The number of nitrogens with one attached hydrogen (secondary N) is 2. The summed E-state index contributed by atoms with van der Waals surface area (Å²) in [6, 6.07) is 17.1. The van der Waals surface area contributed by atoms with Crippen LogP contribution in [0.1, 0.15) is 21.5 Å². The summed E-state index contributed by atoms with van der Waals surface area (Å²) in [6.45, 7) is 0. The van der Waals surface area contributed by atoms with Gasteiger partial charge in [0.15, 0.2) is 0 Å². The second-order valence-electron chi connectivity index (χ2n) is 7.17. The van der Waals surface area contributed by atoms with Crippen LogP contribution in [0.5, 0.6) is 0 Å². The number of halogens is 3.